The van der Waals surface area contributed by atoms with Gasteiger partial charge in [-0.15, -0.1) is 0 Å². The van der Waals surface area contributed by atoms with E-state index >= 15 is 0 Å². The zero-order chi connectivity index (χ0) is 22.9. The monoisotopic (exact) mass is 467 g/mol. The number of hydrogen-bond acceptors (Lipinski definition) is 9. The highest BCUT2D eigenvalue weighted by Crippen LogP contribution is 2.35. The molecule has 1 aromatic heterocycles. The van der Waals surface area contributed by atoms with Crippen LogP contribution >= 0.6 is 11.8 Å². The average Bonchev–Trinajstić information content (AvgIpc) is 3.20. The van der Waals surface area contributed by atoms with Crippen molar-refractivity contribution < 1.29 is 14.1 Å². The van der Waals surface area contributed by atoms with E-state index in [0.717, 1.165) is 55.3 Å². The Morgan fingerprint density at radius 3 is 2.72 bits per heavy atom. The van der Waals surface area contributed by atoms with Crippen LogP contribution in [0.5, 0.6) is 0 Å². The molecule has 4 heterocycles. The average molecular weight is 468 g/mol. The third kappa shape index (κ3) is 7.40. The fraction of sp³-hybridized carbons (Fsp3) is 0.727. The largest absolute Gasteiger partial charge is 0.464 e. The lowest BCUT2D eigenvalue weighted by molar-refractivity contribution is -0.404. The van der Waals surface area contributed by atoms with Crippen LogP contribution in [0.3, 0.4) is 0 Å². The minimum Gasteiger partial charge on any atom is -0.464 e. The van der Waals surface area contributed by atoms with Crippen molar-refractivity contribution in [3.8, 4) is 0 Å². The smallest absolute Gasteiger partial charge is 0.274 e. The van der Waals surface area contributed by atoms with E-state index in [4.69, 9.17) is 9.15 Å². The van der Waals surface area contributed by atoms with E-state index in [1.165, 1.54) is 12.8 Å². The van der Waals surface area contributed by atoms with Gasteiger partial charge in [0.25, 0.3) is 6.20 Å². The fourth-order valence-electron chi connectivity index (χ4n) is 4.74. The van der Waals surface area contributed by atoms with Crippen LogP contribution in [0.25, 0.3) is 0 Å². The minimum absolute atomic E-state index is 0.270. The summed E-state index contributed by atoms with van der Waals surface area (Å²) in [5.74, 6) is 4.63. The Kier molecular flexibility index (Phi) is 9.70. The second kappa shape index (κ2) is 12.5. The molecule has 0 aliphatic carbocycles. The van der Waals surface area contributed by atoms with Crippen molar-refractivity contribution in [1.82, 2.24) is 20.4 Å². The molecule has 1 aromatic rings. The van der Waals surface area contributed by atoms with Gasteiger partial charge in [-0.1, -0.05) is 0 Å². The van der Waals surface area contributed by atoms with Crippen LogP contribution in [-0.2, 0) is 17.0 Å². The van der Waals surface area contributed by atoms with Gasteiger partial charge < -0.3 is 24.7 Å². The van der Waals surface area contributed by atoms with Crippen LogP contribution in [0, 0.1) is 16.0 Å². The molecular formula is C22H37N5O4S. The van der Waals surface area contributed by atoms with Crippen molar-refractivity contribution in [2.24, 2.45) is 5.92 Å². The van der Waals surface area contributed by atoms with Crippen LogP contribution in [0.1, 0.15) is 30.8 Å². The molecule has 0 radical (unpaired) electrons. The molecule has 10 heteroatoms. The predicted octanol–water partition coefficient (Wildman–Crippen LogP) is 2.33. The van der Waals surface area contributed by atoms with Crippen LogP contribution in [0.15, 0.2) is 28.6 Å². The number of nitro groups is 1. The van der Waals surface area contributed by atoms with Crippen LogP contribution in [-0.4, -0.2) is 80.0 Å². The number of thioether (sulfide) groups is 1. The maximum atomic E-state index is 11.0. The van der Waals surface area contributed by atoms with E-state index in [0.29, 0.717) is 30.9 Å². The van der Waals surface area contributed by atoms with Gasteiger partial charge in [-0.3, -0.25) is 15.0 Å². The first-order valence-corrected chi connectivity index (χ1v) is 12.5. The summed E-state index contributed by atoms with van der Waals surface area (Å²) in [6, 6.07) is 4.41. The Bertz CT molecular complexity index is 748. The molecule has 2 N–H and O–H groups in total. The molecule has 0 aromatic carbocycles. The van der Waals surface area contributed by atoms with Crippen molar-refractivity contribution in [3.05, 3.63) is 45.8 Å². The zero-order valence-electron chi connectivity index (χ0n) is 19.4. The first-order valence-electron chi connectivity index (χ1n) is 11.4. The summed E-state index contributed by atoms with van der Waals surface area (Å²) in [5, 5.41) is 17.4. The molecule has 4 rings (SSSR count). The van der Waals surface area contributed by atoms with Gasteiger partial charge in [-0.05, 0) is 64.5 Å². The molecular weight excluding hydrogens is 430 g/mol. The highest BCUT2D eigenvalue weighted by atomic mass is 32.2. The van der Waals surface area contributed by atoms with Crippen molar-refractivity contribution in [2.45, 2.75) is 43.7 Å². The highest BCUT2D eigenvalue weighted by Gasteiger charge is 2.41. The van der Waals surface area contributed by atoms with Gasteiger partial charge in [0.2, 0.25) is 0 Å². The standard InChI is InChI=1S/C22H37N5O4S/c1-25(2)14-18-4-5-19(31-18)16-32-13-10-24-21(15-27(28)29)23-9-6-20-22(30-3)17-7-11-26(20)12-8-17/h4-5,15,17,20,22-24H,6-14,16H2,1-3H3. The van der Waals surface area contributed by atoms with E-state index < -0.39 is 4.92 Å². The summed E-state index contributed by atoms with van der Waals surface area (Å²) < 4.78 is 11.6. The summed E-state index contributed by atoms with van der Waals surface area (Å²) in [6.45, 7) is 4.37. The number of rotatable bonds is 14. The Balaban J connectivity index is 1.37. The number of nitrogens with zero attached hydrogens (tertiary/aromatic N) is 3. The van der Waals surface area contributed by atoms with E-state index in [1.807, 2.05) is 26.2 Å². The van der Waals surface area contributed by atoms with Crippen molar-refractivity contribution in [1.29, 1.82) is 0 Å². The molecule has 0 amide bonds. The first-order chi connectivity index (χ1) is 15.5. The molecule has 32 heavy (non-hydrogen) atoms. The lowest BCUT2D eigenvalue weighted by Gasteiger charge is -2.50. The quantitative estimate of drug-likeness (QED) is 0.243. The van der Waals surface area contributed by atoms with Gasteiger partial charge >= 0.3 is 0 Å². The summed E-state index contributed by atoms with van der Waals surface area (Å²) in [4.78, 5) is 15.2. The maximum absolute atomic E-state index is 11.0. The zero-order valence-corrected chi connectivity index (χ0v) is 20.2. The second-order valence-electron chi connectivity index (χ2n) is 8.77. The molecule has 9 nitrogen and oxygen atoms in total. The lowest BCUT2D eigenvalue weighted by atomic mass is 9.79. The molecule has 3 saturated heterocycles. The van der Waals surface area contributed by atoms with E-state index in [1.54, 1.807) is 18.9 Å². The van der Waals surface area contributed by atoms with Crippen molar-refractivity contribution in [3.63, 3.8) is 0 Å². The number of piperidine rings is 3. The van der Waals surface area contributed by atoms with Crippen LogP contribution in [0.4, 0.5) is 0 Å². The van der Waals surface area contributed by atoms with Crippen molar-refractivity contribution in [2.75, 3.05) is 53.1 Å². The number of ether oxygens (including phenoxy) is 1. The van der Waals surface area contributed by atoms with Gasteiger partial charge in [0.05, 0.1) is 23.3 Å². The first kappa shape index (κ1) is 24.9. The summed E-state index contributed by atoms with van der Waals surface area (Å²) in [6.07, 6.45) is 4.62. The number of hydrogen-bond donors (Lipinski definition) is 2. The number of furan rings is 1. The topological polar surface area (TPSA) is 96.0 Å². The Morgan fingerprint density at radius 2 is 2.03 bits per heavy atom. The molecule has 3 aliphatic heterocycles. The molecule has 180 valence electrons. The molecule has 3 fully saturated rings. The van der Waals surface area contributed by atoms with Gasteiger partial charge in [0.1, 0.15) is 11.5 Å². The van der Waals surface area contributed by atoms with Gasteiger partial charge in [-0.2, -0.15) is 11.8 Å². The molecule has 3 aliphatic rings. The Morgan fingerprint density at radius 1 is 1.31 bits per heavy atom. The van der Waals surface area contributed by atoms with E-state index in [9.17, 15) is 10.1 Å². The van der Waals surface area contributed by atoms with Crippen LogP contribution in [0.2, 0.25) is 0 Å². The summed E-state index contributed by atoms with van der Waals surface area (Å²) >= 11 is 1.74. The number of fused-ring (bicyclic) bond motifs is 3. The fourth-order valence-corrected chi connectivity index (χ4v) is 5.49. The molecule has 0 spiro atoms. The summed E-state index contributed by atoms with van der Waals surface area (Å²) in [5.41, 5.74) is 0. The third-order valence-corrected chi connectivity index (χ3v) is 7.13. The second-order valence-corrected chi connectivity index (χ2v) is 9.87. The van der Waals surface area contributed by atoms with Crippen molar-refractivity contribution >= 4 is 11.8 Å². The van der Waals surface area contributed by atoms with Gasteiger partial charge in [0, 0.05) is 32.0 Å². The number of methoxy groups -OCH3 is 1. The normalized spacial score (nSPS) is 25.3. The predicted molar refractivity (Wildman–Crippen MR) is 127 cm³/mol. The Hall–Kier alpha value is -1.75. The van der Waals surface area contributed by atoms with E-state index in [2.05, 4.69) is 20.4 Å². The van der Waals surface area contributed by atoms with E-state index in [-0.39, 0.29) is 6.10 Å². The minimum atomic E-state index is -0.415. The lowest BCUT2D eigenvalue weighted by Crippen LogP contribution is -2.59. The Labute approximate surface area is 195 Å². The highest BCUT2D eigenvalue weighted by molar-refractivity contribution is 7.98. The molecule has 2 bridgehead atoms. The molecule has 0 saturated carbocycles. The molecule has 2 atom stereocenters. The SMILES string of the molecule is COC1C2CCN(CC2)C1CCNC(=C[N+](=O)[O-])NCCSCc1ccc(CN(C)C)o1. The van der Waals surface area contributed by atoms with Crippen LogP contribution < -0.4 is 10.6 Å². The molecule has 2 unspecified atom stereocenters. The third-order valence-electron chi connectivity index (χ3n) is 6.14. The van der Waals surface area contributed by atoms with Gasteiger partial charge in [-0.25, -0.2) is 0 Å². The number of nitrogens with one attached hydrogen (secondary N) is 2. The van der Waals surface area contributed by atoms with Gasteiger partial charge in [0.15, 0.2) is 5.82 Å². The summed E-state index contributed by atoms with van der Waals surface area (Å²) in [7, 11) is 5.83. The maximum Gasteiger partial charge on any atom is 0.274 e.